The smallest absolute Gasteiger partial charge is 0.266 e. The fourth-order valence-corrected chi connectivity index (χ4v) is 3.68. The van der Waals surface area contributed by atoms with Crippen molar-refractivity contribution in [2.24, 2.45) is 0 Å². The van der Waals surface area contributed by atoms with Gasteiger partial charge < -0.3 is 9.73 Å². The van der Waals surface area contributed by atoms with Crippen molar-refractivity contribution in [1.82, 2.24) is 10.3 Å². The molecule has 0 amide bonds. The quantitative estimate of drug-likeness (QED) is 0.884. The monoisotopic (exact) mass is 309 g/mol. The third kappa shape index (κ3) is 3.25. The third-order valence-corrected chi connectivity index (χ3v) is 4.62. The first-order chi connectivity index (χ1) is 9.85. The number of pyridine rings is 1. The molecule has 21 heavy (non-hydrogen) atoms. The zero-order valence-corrected chi connectivity index (χ0v) is 13.3. The molecule has 0 bridgehead atoms. The molecule has 6 nitrogen and oxygen atoms in total. The third-order valence-electron chi connectivity index (χ3n) is 3.07. The molecule has 2 aromatic heterocycles. The van der Waals surface area contributed by atoms with E-state index in [1.165, 1.54) is 0 Å². The van der Waals surface area contributed by atoms with Gasteiger partial charge >= 0.3 is 0 Å². The number of nitrogens with one attached hydrogen (secondary N) is 2. The van der Waals surface area contributed by atoms with E-state index in [4.69, 9.17) is 4.42 Å². The van der Waals surface area contributed by atoms with Crippen molar-refractivity contribution in [1.29, 1.82) is 0 Å². The van der Waals surface area contributed by atoms with Gasteiger partial charge in [0.25, 0.3) is 10.0 Å². The van der Waals surface area contributed by atoms with E-state index in [1.54, 1.807) is 46.0 Å². The first-order valence-electron chi connectivity index (χ1n) is 6.55. The van der Waals surface area contributed by atoms with Crippen LogP contribution in [0.15, 0.2) is 27.5 Å². The lowest BCUT2D eigenvalue weighted by molar-refractivity contribution is 0.494. The van der Waals surface area contributed by atoms with E-state index in [1.807, 2.05) is 0 Å². The molecule has 114 valence electrons. The zero-order chi connectivity index (χ0) is 15.6. The standard InChI is InChI=1S/C14H19N3O3S/c1-9-6-5-7-13(16-9)17-21(18,19)14-11(3)20-10(2)12(14)8-15-4/h5-7,15H,8H2,1-4H3,(H,16,17). The van der Waals surface area contributed by atoms with E-state index in [2.05, 4.69) is 15.0 Å². The predicted molar refractivity (Wildman–Crippen MR) is 80.7 cm³/mol. The number of furan rings is 1. The van der Waals surface area contributed by atoms with Crippen LogP contribution in [0.4, 0.5) is 5.82 Å². The lowest BCUT2D eigenvalue weighted by atomic mass is 10.2. The number of nitrogens with zero attached hydrogens (tertiary/aromatic N) is 1. The molecule has 0 fully saturated rings. The molecule has 2 rings (SSSR count). The average Bonchev–Trinajstić information content (AvgIpc) is 2.64. The second-order valence-electron chi connectivity index (χ2n) is 4.82. The Labute approximate surface area is 124 Å². The van der Waals surface area contributed by atoms with Crippen LogP contribution in [0.25, 0.3) is 0 Å². The zero-order valence-electron chi connectivity index (χ0n) is 12.5. The lowest BCUT2D eigenvalue weighted by Crippen LogP contribution is -2.18. The van der Waals surface area contributed by atoms with Crippen LogP contribution < -0.4 is 10.0 Å². The Bertz CT molecular complexity index is 751. The summed E-state index contributed by atoms with van der Waals surface area (Å²) in [5.74, 6) is 1.26. The van der Waals surface area contributed by atoms with Crippen LogP contribution in [-0.4, -0.2) is 20.4 Å². The number of rotatable bonds is 5. The van der Waals surface area contributed by atoms with Crippen molar-refractivity contribution in [3.63, 3.8) is 0 Å². The van der Waals surface area contributed by atoms with E-state index in [0.29, 0.717) is 29.4 Å². The summed E-state index contributed by atoms with van der Waals surface area (Å²) < 4.78 is 33.2. The molecule has 2 N–H and O–H groups in total. The minimum Gasteiger partial charge on any atom is -0.465 e. The van der Waals surface area contributed by atoms with Crippen LogP contribution in [0.3, 0.4) is 0 Å². The summed E-state index contributed by atoms with van der Waals surface area (Å²) in [6.45, 7) is 5.62. The Hall–Kier alpha value is -1.86. The van der Waals surface area contributed by atoms with E-state index in [0.717, 1.165) is 5.69 Å². The number of aromatic nitrogens is 1. The molecular formula is C14H19N3O3S. The number of hydrogen-bond acceptors (Lipinski definition) is 5. The molecule has 0 aromatic carbocycles. The second-order valence-corrected chi connectivity index (χ2v) is 6.44. The van der Waals surface area contributed by atoms with Gasteiger partial charge in [0.05, 0.1) is 0 Å². The van der Waals surface area contributed by atoms with E-state index in [-0.39, 0.29) is 4.90 Å². The van der Waals surface area contributed by atoms with E-state index >= 15 is 0 Å². The molecule has 0 spiro atoms. The minimum absolute atomic E-state index is 0.178. The van der Waals surface area contributed by atoms with Gasteiger partial charge in [-0.15, -0.1) is 0 Å². The maximum Gasteiger partial charge on any atom is 0.266 e. The number of aryl methyl sites for hydroxylation is 3. The normalized spacial score (nSPS) is 11.6. The molecule has 0 aliphatic rings. The largest absolute Gasteiger partial charge is 0.465 e. The number of sulfonamides is 1. The van der Waals surface area contributed by atoms with Crippen LogP contribution in [0.2, 0.25) is 0 Å². The van der Waals surface area contributed by atoms with Crippen molar-refractivity contribution >= 4 is 15.8 Å². The van der Waals surface area contributed by atoms with Crippen molar-refractivity contribution in [3.8, 4) is 0 Å². The molecule has 2 aromatic rings. The molecule has 0 saturated carbocycles. The fraction of sp³-hybridized carbons (Fsp3) is 0.357. The van der Waals surface area contributed by atoms with Gasteiger partial charge in [-0.25, -0.2) is 13.4 Å². The molecule has 0 aliphatic heterocycles. The highest BCUT2D eigenvalue weighted by Crippen LogP contribution is 2.28. The first-order valence-corrected chi connectivity index (χ1v) is 8.03. The Morgan fingerprint density at radius 3 is 2.52 bits per heavy atom. The van der Waals surface area contributed by atoms with Gasteiger partial charge in [-0.05, 0) is 40.0 Å². The van der Waals surface area contributed by atoms with Gasteiger partial charge in [0, 0.05) is 17.8 Å². The van der Waals surface area contributed by atoms with Gasteiger partial charge in [-0.2, -0.15) is 0 Å². The summed E-state index contributed by atoms with van der Waals surface area (Å²) in [6, 6.07) is 5.17. The summed E-state index contributed by atoms with van der Waals surface area (Å²) >= 11 is 0. The predicted octanol–water partition coefficient (Wildman–Crippen LogP) is 2.12. The Morgan fingerprint density at radius 1 is 1.19 bits per heavy atom. The highest BCUT2D eigenvalue weighted by molar-refractivity contribution is 7.92. The highest BCUT2D eigenvalue weighted by atomic mass is 32.2. The van der Waals surface area contributed by atoms with Crippen LogP contribution >= 0.6 is 0 Å². The van der Waals surface area contributed by atoms with E-state index in [9.17, 15) is 8.42 Å². The van der Waals surface area contributed by atoms with Gasteiger partial charge in [-0.1, -0.05) is 6.07 Å². The summed E-state index contributed by atoms with van der Waals surface area (Å²) in [4.78, 5) is 4.34. The maximum absolute atomic E-state index is 12.6. The number of anilines is 1. The summed E-state index contributed by atoms with van der Waals surface area (Å²) in [5, 5.41) is 2.96. The lowest BCUT2D eigenvalue weighted by Gasteiger charge is -2.09. The van der Waals surface area contributed by atoms with Crippen molar-refractivity contribution in [2.45, 2.75) is 32.2 Å². The average molecular weight is 309 g/mol. The van der Waals surface area contributed by atoms with Gasteiger partial charge in [0.2, 0.25) is 0 Å². The molecule has 0 unspecified atom stereocenters. The van der Waals surface area contributed by atoms with Crippen LogP contribution in [0.5, 0.6) is 0 Å². The van der Waals surface area contributed by atoms with E-state index < -0.39 is 10.0 Å². The second kappa shape index (κ2) is 5.87. The Balaban J connectivity index is 2.45. The maximum atomic E-state index is 12.6. The summed E-state index contributed by atoms with van der Waals surface area (Å²) in [6.07, 6.45) is 0. The highest BCUT2D eigenvalue weighted by Gasteiger charge is 2.26. The van der Waals surface area contributed by atoms with Crippen molar-refractivity contribution < 1.29 is 12.8 Å². The Kier molecular flexibility index (Phi) is 4.34. The fourth-order valence-electron chi connectivity index (χ4n) is 2.23. The topological polar surface area (TPSA) is 84.2 Å². The molecular weight excluding hydrogens is 290 g/mol. The summed E-state index contributed by atoms with van der Waals surface area (Å²) in [7, 11) is -1.98. The van der Waals surface area contributed by atoms with Crippen LogP contribution in [0, 0.1) is 20.8 Å². The van der Waals surface area contributed by atoms with Crippen LogP contribution in [-0.2, 0) is 16.6 Å². The molecule has 0 radical (unpaired) electrons. The summed E-state index contributed by atoms with van der Waals surface area (Å²) in [5.41, 5.74) is 1.38. The van der Waals surface area contributed by atoms with Crippen molar-refractivity contribution in [2.75, 3.05) is 11.8 Å². The minimum atomic E-state index is -3.74. The van der Waals surface area contributed by atoms with Gasteiger partial charge in [-0.3, -0.25) is 4.72 Å². The molecule has 0 atom stereocenters. The molecule has 0 aliphatic carbocycles. The van der Waals surface area contributed by atoms with Crippen LogP contribution in [0.1, 0.15) is 22.8 Å². The first kappa shape index (κ1) is 15.5. The van der Waals surface area contributed by atoms with Gasteiger partial charge in [0.15, 0.2) is 0 Å². The van der Waals surface area contributed by atoms with Gasteiger partial charge in [0.1, 0.15) is 22.2 Å². The SMILES string of the molecule is CNCc1c(C)oc(C)c1S(=O)(=O)Nc1cccc(C)n1. The van der Waals surface area contributed by atoms with Crippen molar-refractivity contribution in [3.05, 3.63) is 41.0 Å². The molecule has 7 heteroatoms. The molecule has 0 saturated heterocycles. The number of hydrogen-bond donors (Lipinski definition) is 2. The Morgan fingerprint density at radius 2 is 1.90 bits per heavy atom. The molecule has 2 heterocycles.